The van der Waals surface area contributed by atoms with Crippen LogP contribution in [0, 0.1) is 17.8 Å². The molecule has 4 heteroatoms. The molecule has 2 saturated carbocycles. The van der Waals surface area contributed by atoms with Gasteiger partial charge in [0.15, 0.2) is 0 Å². The first-order valence-corrected chi connectivity index (χ1v) is 8.52. The summed E-state index contributed by atoms with van der Waals surface area (Å²) in [6, 6.07) is 0. The van der Waals surface area contributed by atoms with Crippen molar-refractivity contribution in [2.24, 2.45) is 17.8 Å². The van der Waals surface area contributed by atoms with Gasteiger partial charge < -0.3 is 9.84 Å². The number of unbranched alkanes of at least 4 members (excludes halogenated alkanes) is 1. The van der Waals surface area contributed by atoms with Crippen LogP contribution in [0.4, 0.5) is 0 Å². The number of hydrogen-bond donors (Lipinski definition) is 1. The molecule has 124 valence electrons. The van der Waals surface area contributed by atoms with Crippen molar-refractivity contribution in [2.45, 2.75) is 70.3 Å². The van der Waals surface area contributed by atoms with Crippen LogP contribution in [0.15, 0.2) is 12.7 Å². The lowest BCUT2D eigenvalue weighted by Gasteiger charge is -2.20. The number of ether oxygens (including phenoxy) is 1. The number of aliphatic carboxylic acids is 1. The van der Waals surface area contributed by atoms with E-state index in [9.17, 15) is 14.7 Å². The minimum Gasteiger partial charge on any atom is -0.481 e. The summed E-state index contributed by atoms with van der Waals surface area (Å²) in [6.45, 7) is 5.68. The van der Waals surface area contributed by atoms with Crippen LogP contribution in [-0.4, -0.2) is 22.6 Å². The number of hydrogen-bond acceptors (Lipinski definition) is 3. The van der Waals surface area contributed by atoms with E-state index < -0.39 is 11.9 Å². The molecule has 0 aromatic carbocycles. The van der Waals surface area contributed by atoms with Crippen molar-refractivity contribution in [2.75, 3.05) is 0 Å². The largest absolute Gasteiger partial charge is 0.481 e. The van der Waals surface area contributed by atoms with Gasteiger partial charge in [0.1, 0.15) is 5.60 Å². The van der Waals surface area contributed by atoms with Crippen molar-refractivity contribution in [3.05, 3.63) is 12.7 Å². The fourth-order valence-corrected chi connectivity index (χ4v) is 3.77. The van der Waals surface area contributed by atoms with Gasteiger partial charge in [-0.3, -0.25) is 9.59 Å². The van der Waals surface area contributed by atoms with E-state index >= 15 is 0 Å². The van der Waals surface area contributed by atoms with Crippen molar-refractivity contribution in [3.8, 4) is 0 Å². The SMILES string of the molecule is C=CCCC[C@@H]1C[C@@]1(C)OC(=O)C[C@H](C(=O)O)C1CCCC1. The number of carboxylic acids is 1. The lowest BCUT2D eigenvalue weighted by atomic mass is 9.88. The quantitative estimate of drug-likeness (QED) is 0.398. The van der Waals surface area contributed by atoms with Crippen LogP contribution in [0.25, 0.3) is 0 Å². The van der Waals surface area contributed by atoms with Crippen LogP contribution in [-0.2, 0) is 14.3 Å². The number of allylic oxidation sites excluding steroid dienone is 1. The second-order valence-corrected chi connectivity index (χ2v) is 7.10. The van der Waals surface area contributed by atoms with Gasteiger partial charge in [0.25, 0.3) is 0 Å². The highest BCUT2D eigenvalue weighted by atomic mass is 16.6. The second kappa shape index (κ2) is 7.30. The Kier molecular flexibility index (Phi) is 5.65. The predicted octanol–water partition coefficient (Wildman–Crippen LogP) is 3.95. The zero-order valence-corrected chi connectivity index (χ0v) is 13.6. The molecule has 0 bridgehead atoms. The molecule has 2 fully saturated rings. The Morgan fingerprint density at radius 3 is 2.68 bits per heavy atom. The van der Waals surface area contributed by atoms with Crippen LogP contribution in [0.5, 0.6) is 0 Å². The van der Waals surface area contributed by atoms with Crippen molar-refractivity contribution in [3.63, 3.8) is 0 Å². The third kappa shape index (κ3) is 4.34. The molecule has 0 spiro atoms. The monoisotopic (exact) mass is 308 g/mol. The summed E-state index contributed by atoms with van der Waals surface area (Å²) in [5.74, 6) is -1.21. The Labute approximate surface area is 132 Å². The fourth-order valence-electron chi connectivity index (χ4n) is 3.77. The van der Waals surface area contributed by atoms with Gasteiger partial charge in [-0.1, -0.05) is 18.9 Å². The van der Waals surface area contributed by atoms with Gasteiger partial charge in [0, 0.05) is 5.92 Å². The fraction of sp³-hybridized carbons (Fsp3) is 0.778. The topological polar surface area (TPSA) is 63.6 Å². The molecule has 2 aliphatic rings. The van der Waals surface area contributed by atoms with Crippen LogP contribution in [0.3, 0.4) is 0 Å². The van der Waals surface area contributed by atoms with Crippen molar-refractivity contribution < 1.29 is 19.4 Å². The van der Waals surface area contributed by atoms with Gasteiger partial charge in [-0.2, -0.15) is 0 Å². The average molecular weight is 308 g/mol. The minimum absolute atomic E-state index is 0.0228. The number of esters is 1. The summed E-state index contributed by atoms with van der Waals surface area (Å²) in [5.41, 5.74) is -0.364. The molecule has 1 N–H and O–H groups in total. The first-order valence-electron chi connectivity index (χ1n) is 8.52. The first-order chi connectivity index (χ1) is 10.5. The van der Waals surface area contributed by atoms with E-state index in [2.05, 4.69) is 6.58 Å². The van der Waals surface area contributed by atoms with E-state index in [0.717, 1.165) is 51.4 Å². The van der Waals surface area contributed by atoms with Gasteiger partial charge in [-0.15, -0.1) is 6.58 Å². The molecule has 0 radical (unpaired) electrons. The molecule has 0 unspecified atom stereocenters. The zero-order chi connectivity index (χ0) is 16.2. The van der Waals surface area contributed by atoms with Gasteiger partial charge >= 0.3 is 11.9 Å². The van der Waals surface area contributed by atoms with Gasteiger partial charge in [-0.05, 0) is 51.4 Å². The third-order valence-electron chi connectivity index (χ3n) is 5.34. The third-order valence-corrected chi connectivity index (χ3v) is 5.34. The maximum atomic E-state index is 12.1. The molecule has 0 heterocycles. The Hall–Kier alpha value is -1.32. The molecule has 0 amide bonds. The first kappa shape index (κ1) is 17.0. The highest BCUT2D eigenvalue weighted by molar-refractivity contribution is 5.79. The van der Waals surface area contributed by atoms with Crippen molar-refractivity contribution in [1.82, 2.24) is 0 Å². The van der Waals surface area contributed by atoms with Crippen LogP contribution in [0.2, 0.25) is 0 Å². The molecule has 3 atom stereocenters. The molecular formula is C18H28O4. The molecule has 2 aliphatic carbocycles. The van der Waals surface area contributed by atoms with E-state index in [-0.39, 0.29) is 23.9 Å². The summed E-state index contributed by atoms with van der Waals surface area (Å²) < 4.78 is 5.60. The zero-order valence-electron chi connectivity index (χ0n) is 13.6. The summed E-state index contributed by atoms with van der Waals surface area (Å²) in [7, 11) is 0. The number of carboxylic acid groups (broad SMARTS) is 1. The van der Waals surface area contributed by atoms with Crippen LogP contribution >= 0.6 is 0 Å². The second-order valence-electron chi connectivity index (χ2n) is 7.10. The smallest absolute Gasteiger partial charge is 0.307 e. The average Bonchev–Trinajstić information content (AvgIpc) is 2.89. The van der Waals surface area contributed by atoms with Crippen molar-refractivity contribution in [1.29, 1.82) is 0 Å². The Morgan fingerprint density at radius 1 is 1.41 bits per heavy atom. The summed E-state index contributed by atoms with van der Waals surface area (Å²) in [4.78, 5) is 23.6. The van der Waals surface area contributed by atoms with E-state index in [0.29, 0.717) is 5.92 Å². The molecule has 0 aromatic heterocycles. The number of rotatable bonds is 9. The molecule has 0 aromatic rings. The van der Waals surface area contributed by atoms with Crippen LogP contribution in [0.1, 0.15) is 64.7 Å². The summed E-state index contributed by atoms with van der Waals surface area (Å²) in [5, 5.41) is 9.37. The predicted molar refractivity (Wildman–Crippen MR) is 84.4 cm³/mol. The maximum absolute atomic E-state index is 12.1. The lowest BCUT2D eigenvalue weighted by Crippen LogP contribution is -2.28. The highest BCUT2D eigenvalue weighted by Gasteiger charge is 2.53. The lowest BCUT2D eigenvalue weighted by molar-refractivity contribution is -0.158. The number of carbonyl (C=O) groups excluding carboxylic acids is 1. The molecule has 22 heavy (non-hydrogen) atoms. The Balaban J connectivity index is 1.79. The highest BCUT2D eigenvalue weighted by Crippen LogP contribution is 2.50. The van der Waals surface area contributed by atoms with E-state index in [1.165, 1.54) is 0 Å². The number of carbonyl (C=O) groups is 2. The van der Waals surface area contributed by atoms with Crippen LogP contribution < -0.4 is 0 Å². The van der Waals surface area contributed by atoms with E-state index in [1.54, 1.807) is 0 Å². The summed E-state index contributed by atoms with van der Waals surface area (Å²) >= 11 is 0. The molecule has 0 saturated heterocycles. The van der Waals surface area contributed by atoms with Gasteiger partial charge in [-0.25, -0.2) is 0 Å². The Bertz CT molecular complexity index is 425. The molecular weight excluding hydrogens is 280 g/mol. The van der Waals surface area contributed by atoms with E-state index in [1.807, 2.05) is 13.0 Å². The standard InChI is InChI=1S/C18H28O4/c1-3-4-5-10-14-12-18(14,2)22-16(19)11-15(17(20)21)13-8-6-7-9-13/h3,13-15H,1,4-12H2,2H3,(H,20,21)/t14-,15+,18-/m1/s1. The summed E-state index contributed by atoms with van der Waals surface area (Å²) in [6.07, 6.45) is 9.93. The van der Waals surface area contributed by atoms with Gasteiger partial charge in [0.2, 0.25) is 0 Å². The normalized spacial score (nSPS) is 29.0. The van der Waals surface area contributed by atoms with Crippen molar-refractivity contribution >= 4 is 11.9 Å². The minimum atomic E-state index is -0.854. The van der Waals surface area contributed by atoms with Gasteiger partial charge in [0.05, 0.1) is 12.3 Å². The molecule has 4 nitrogen and oxygen atoms in total. The Morgan fingerprint density at radius 2 is 2.09 bits per heavy atom. The molecule has 2 rings (SSSR count). The van der Waals surface area contributed by atoms with E-state index in [4.69, 9.17) is 4.74 Å². The molecule has 0 aliphatic heterocycles. The maximum Gasteiger partial charge on any atom is 0.307 e.